The van der Waals surface area contributed by atoms with E-state index >= 15 is 0 Å². The van der Waals surface area contributed by atoms with Crippen molar-refractivity contribution in [2.24, 2.45) is 0 Å². The zero-order valence-corrected chi connectivity index (χ0v) is 11.8. The summed E-state index contributed by atoms with van der Waals surface area (Å²) >= 11 is 0. The Morgan fingerprint density at radius 1 is 1.18 bits per heavy atom. The third-order valence-electron chi connectivity index (χ3n) is 2.10. The SMILES string of the molecule is C=CC(=O)OCCCOCCC[SiH](OC)OC. The van der Waals surface area contributed by atoms with Crippen molar-refractivity contribution in [2.75, 3.05) is 34.0 Å². The molecule has 0 rings (SSSR count). The molecule has 0 aromatic rings. The molecule has 0 radical (unpaired) electrons. The van der Waals surface area contributed by atoms with Gasteiger partial charge in [-0.1, -0.05) is 6.58 Å². The van der Waals surface area contributed by atoms with Crippen LogP contribution in [0.15, 0.2) is 12.7 Å². The molecule has 0 heterocycles. The lowest BCUT2D eigenvalue weighted by Crippen LogP contribution is -2.19. The van der Waals surface area contributed by atoms with Crippen LogP contribution in [-0.2, 0) is 23.1 Å². The molecule has 0 spiro atoms. The van der Waals surface area contributed by atoms with Crippen LogP contribution in [-0.4, -0.2) is 49.3 Å². The molecule has 0 saturated heterocycles. The van der Waals surface area contributed by atoms with Crippen LogP contribution in [0.1, 0.15) is 12.8 Å². The first-order valence-corrected chi connectivity index (χ1v) is 7.43. The van der Waals surface area contributed by atoms with Gasteiger partial charge in [0.1, 0.15) is 0 Å². The van der Waals surface area contributed by atoms with Crippen molar-refractivity contribution in [3.8, 4) is 0 Å². The molecule has 0 saturated carbocycles. The molecule has 0 aromatic heterocycles. The lowest BCUT2D eigenvalue weighted by molar-refractivity contribution is -0.138. The van der Waals surface area contributed by atoms with E-state index in [1.54, 1.807) is 14.2 Å². The minimum Gasteiger partial charge on any atom is -0.462 e. The number of hydrogen-bond acceptors (Lipinski definition) is 5. The van der Waals surface area contributed by atoms with E-state index < -0.39 is 9.28 Å². The highest BCUT2D eigenvalue weighted by Gasteiger charge is 2.07. The van der Waals surface area contributed by atoms with Crippen molar-refractivity contribution in [1.29, 1.82) is 0 Å². The Labute approximate surface area is 105 Å². The maximum atomic E-state index is 10.7. The Morgan fingerprint density at radius 3 is 2.41 bits per heavy atom. The van der Waals surface area contributed by atoms with E-state index in [0.29, 0.717) is 26.2 Å². The minimum atomic E-state index is -1.44. The van der Waals surface area contributed by atoms with Crippen molar-refractivity contribution in [2.45, 2.75) is 18.9 Å². The van der Waals surface area contributed by atoms with Gasteiger partial charge in [0.2, 0.25) is 0 Å². The van der Waals surface area contributed by atoms with Gasteiger partial charge < -0.3 is 18.3 Å². The van der Waals surface area contributed by atoms with E-state index in [1.807, 2.05) is 0 Å². The van der Waals surface area contributed by atoms with Crippen molar-refractivity contribution in [3.63, 3.8) is 0 Å². The van der Waals surface area contributed by atoms with Gasteiger partial charge in [0, 0.05) is 39.9 Å². The molecule has 0 aliphatic carbocycles. The van der Waals surface area contributed by atoms with Gasteiger partial charge in [-0.3, -0.25) is 0 Å². The summed E-state index contributed by atoms with van der Waals surface area (Å²) in [6, 6.07) is 0.943. The highest BCUT2D eigenvalue weighted by molar-refractivity contribution is 6.44. The van der Waals surface area contributed by atoms with E-state index in [2.05, 4.69) is 6.58 Å². The predicted molar refractivity (Wildman–Crippen MR) is 67.2 cm³/mol. The van der Waals surface area contributed by atoms with E-state index in [0.717, 1.165) is 18.5 Å². The smallest absolute Gasteiger partial charge is 0.330 e. The van der Waals surface area contributed by atoms with Crippen LogP contribution in [0.25, 0.3) is 0 Å². The maximum Gasteiger partial charge on any atom is 0.330 e. The number of hydrogen-bond donors (Lipinski definition) is 0. The van der Waals surface area contributed by atoms with Crippen molar-refractivity contribution >= 4 is 15.3 Å². The van der Waals surface area contributed by atoms with Crippen LogP contribution >= 0.6 is 0 Å². The average molecular weight is 262 g/mol. The molecule has 5 nitrogen and oxygen atoms in total. The van der Waals surface area contributed by atoms with E-state index in [1.165, 1.54) is 0 Å². The predicted octanol–water partition coefficient (Wildman–Crippen LogP) is 1.03. The molecule has 0 fully saturated rings. The molecule has 0 amide bonds. The van der Waals surface area contributed by atoms with Gasteiger partial charge in [0.15, 0.2) is 0 Å². The third-order valence-corrected chi connectivity index (χ3v) is 4.03. The Bertz CT molecular complexity index is 206. The minimum absolute atomic E-state index is 0.373. The van der Waals surface area contributed by atoms with E-state index in [-0.39, 0.29) is 5.97 Å². The first-order chi connectivity index (χ1) is 8.24. The highest BCUT2D eigenvalue weighted by atomic mass is 28.3. The fourth-order valence-corrected chi connectivity index (χ4v) is 2.34. The fourth-order valence-electron chi connectivity index (χ4n) is 1.18. The van der Waals surface area contributed by atoms with Crippen LogP contribution in [0.2, 0.25) is 6.04 Å². The van der Waals surface area contributed by atoms with Gasteiger partial charge in [-0.05, 0) is 12.5 Å². The molecule has 0 unspecified atom stereocenters. The molecular formula is C11H22O5Si. The molecule has 100 valence electrons. The van der Waals surface area contributed by atoms with Gasteiger partial charge in [-0.15, -0.1) is 0 Å². The number of rotatable bonds is 11. The Morgan fingerprint density at radius 2 is 1.82 bits per heavy atom. The van der Waals surface area contributed by atoms with Gasteiger partial charge >= 0.3 is 15.3 Å². The lowest BCUT2D eigenvalue weighted by atomic mass is 10.5. The van der Waals surface area contributed by atoms with Crippen LogP contribution in [0, 0.1) is 0 Å². The Hall–Kier alpha value is -0.693. The van der Waals surface area contributed by atoms with Gasteiger partial charge in [0.25, 0.3) is 0 Å². The van der Waals surface area contributed by atoms with Crippen molar-refractivity contribution in [3.05, 3.63) is 12.7 Å². The van der Waals surface area contributed by atoms with E-state index in [9.17, 15) is 4.79 Å². The summed E-state index contributed by atoms with van der Waals surface area (Å²) in [4.78, 5) is 10.7. The molecule has 6 heteroatoms. The number of ether oxygens (including phenoxy) is 2. The number of esters is 1. The zero-order chi connectivity index (χ0) is 12.9. The van der Waals surface area contributed by atoms with Gasteiger partial charge in [-0.2, -0.15) is 0 Å². The Kier molecular flexibility index (Phi) is 11.3. The summed E-state index contributed by atoms with van der Waals surface area (Å²) in [6.07, 6.45) is 2.79. The largest absolute Gasteiger partial charge is 0.462 e. The quantitative estimate of drug-likeness (QED) is 0.241. The monoisotopic (exact) mass is 262 g/mol. The summed E-state index contributed by atoms with van der Waals surface area (Å²) in [5, 5.41) is 0. The average Bonchev–Trinajstić information content (AvgIpc) is 2.36. The second kappa shape index (κ2) is 11.8. The molecule has 0 bridgehead atoms. The fraction of sp³-hybridized carbons (Fsp3) is 0.727. The van der Waals surface area contributed by atoms with Crippen molar-refractivity contribution in [1.82, 2.24) is 0 Å². The topological polar surface area (TPSA) is 54.0 Å². The summed E-state index contributed by atoms with van der Waals surface area (Å²) < 4.78 is 20.5. The summed E-state index contributed by atoms with van der Waals surface area (Å²) in [5.41, 5.74) is 0. The molecular weight excluding hydrogens is 240 g/mol. The maximum absolute atomic E-state index is 10.7. The summed E-state index contributed by atoms with van der Waals surface area (Å²) in [7, 11) is 1.92. The standard InChI is InChI=1S/C11H22O5Si/c1-4-11(12)16-9-5-7-15-8-6-10-17(13-2)14-3/h4,17H,1,5-10H2,2-3H3. The van der Waals surface area contributed by atoms with E-state index in [4.69, 9.17) is 18.3 Å². The third kappa shape index (κ3) is 10.2. The zero-order valence-electron chi connectivity index (χ0n) is 10.6. The van der Waals surface area contributed by atoms with Crippen LogP contribution in [0.3, 0.4) is 0 Å². The second-order valence-corrected chi connectivity index (χ2v) is 5.76. The first kappa shape index (κ1) is 16.3. The Balaban J connectivity index is 3.18. The molecule has 0 atom stereocenters. The van der Waals surface area contributed by atoms with Crippen LogP contribution < -0.4 is 0 Å². The second-order valence-electron chi connectivity index (χ2n) is 3.38. The summed E-state index contributed by atoms with van der Waals surface area (Å²) in [6.45, 7) is 4.96. The normalized spacial score (nSPS) is 10.5. The number of carbonyl (C=O) groups is 1. The van der Waals surface area contributed by atoms with Crippen molar-refractivity contribution < 1.29 is 23.1 Å². The molecule has 17 heavy (non-hydrogen) atoms. The number of carbonyl (C=O) groups excluding carboxylic acids is 1. The van der Waals surface area contributed by atoms with Crippen LogP contribution in [0.4, 0.5) is 0 Å². The molecule has 0 aliphatic heterocycles. The van der Waals surface area contributed by atoms with Gasteiger partial charge in [0.05, 0.1) is 6.61 Å². The molecule has 0 N–H and O–H groups in total. The highest BCUT2D eigenvalue weighted by Crippen LogP contribution is 2.00. The summed E-state index contributed by atoms with van der Waals surface area (Å²) in [5.74, 6) is -0.390. The molecule has 0 aliphatic rings. The lowest BCUT2D eigenvalue weighted by Gasteiger charge is -2.10. The van der Waals surface area contributed by atoms with Gasteiger partial charge in [-0.25, -0.2) is 4.79 Å². The molecule has 0 aromatic carbocycles. The first-order valence-electron chi connectivity index (χ1n) is 5.67. The van der Waals surface area contributed by atoms with Crippen LogP contribution in [0.5, 0.6) is 0 Å².